The van der Waals surface area contributed by atoms with E-state index < -0.39 is 0 Å². The highest BCUT2D eigenvalue weighted by atomic mass is 13.6. The first-order valence-corrected chi connectivity index (χ1v) is 4.37. The van der Waals surface area contributed by atoms with Crippen LogP contribution in [0.1, 0.15) is 41.0 Å². The Morgan fingerprint density at radius 1 is 1.17 bits per heavy atom. The largest absolute Gasteiger partial charge is 0.103 e. The highest BCUT2D eigenvalue weighted by Crippen LogP contribution is 1.73. The molecular weight excluding hydrogens is 144 g/mol. The fourth-order valence-electron chi connectivity index (χ4n) is 0. The molecule has 0 N–H and O–H groups in total. The fraction of sp³-hybridized carbons (Fsp3) is 0.500. The third-order valence-electron chi connectivity index (χ3n) is 0.622. The molecule has 0 saturated carbocycles. The molecule has 0 heteroatoms. The molecule has 0 aliphatic rings. The molecule has 0 spiro atoms. The van der Waals surface area contributed by atoms with E-state index in [1.54, 1.807) is 0 Å². The minimum Gasteiger partial charge on any atom is -0.103 e. The molecule has 0 aliphatic heterocycles. The fourth-order valence-corrected chi connectivity index (χ4v) is 0. The number of rotatable bonds is 1. The lowest BCUT2D eigenvalue weighted by atomic mass is 10.4. The Bertz CT molecular complexity index is 99.2. The van der Waals surface area contributed by atoms with Gasteiger partial charge in [-0.05, 0) is 34.1 Å². The quantitative estimate of drug-likeness (QED) is 0.496. The number of allylic oxidation sites excluding steroid dienone is 4. The van der Waals surface area contributed by atoms with Gasteiger partial charge in [-0.1, -0.05) is 30.7 Å². The van der Waals surface area contributed by atoms with E-state index in [-0.39, 0.29) is 0 Å². The first-order chi connectivity index (χ1) is 5.56. The average molecular weight is 168 g/mol. The molecule has 0 fully saturated rings. The van der Waals surface area contributed by atoms with Crippen LogP contribution < -0.4 is 0 Å². The molecule has 0 aromatic heterocycles. The molecule has 0 atom stereocenters. The molecule has 0 aromatic rings. The van der Waals surface area contributed by atoms with Crippen molar-refractivity contribution < 1.29 is 0 Å². The number of hydrogen-bond acceptors (Lipinski definition) is 0. The predicted octanol–water partition coefficient (Wildman–Crippen LogP) is 4.75. The SMILES string of the molecule is C/C=C\C.C=C(C)C.C=CCC. The second-order valence-electron chi connectivity index (χ2n) is 2.57. The van der Waals surface area contributed by atoms with Gasteiger partial charge in [0.1, 0.15) is 0 Å². The normalized spacial score (nSPS) is 7.42. The summed E-state index contributed by atoms with van der Waals surface area (Å²) in [4.78, 5) is 0. The van der Waals surface area contributed by atoms with Crippen LogP contribution in [0, 0.1) is 0 Å². The Morgan fingerprint density at radius 2 is 1.33 bits per heavy atom. The Labute approximate surface area is 78.7 Å². The van der Waals surface area contributed by atoms with Crippen molar-refractivity contribution in [1.82, 2.24) is 0 Å². The lowest BCUT2D eigenvalue weighted by Crippen LogP contribution is -1.43. The van der Waals surface area contributed by atoms with Gasteiger partial charge < -0.3 is 0 Å². The van der Waals surface area contributed by atoms with Crippen LogP contribution in [0.3, 0.4) is 0 Å². The molecule has 12 heavy (non-hydrogen) atoms. The van der Waals surface area contributed by atoms with Crippen LogP contribution in [-0.2, 0) is 0 Å². The summed E-state index contributed by atoms with van der Waals surface area (Å²) in [7, 11) is 0. The van der Waals surface area contributed by atoms with Crippen molar-refractivity contribution in [2.24, 2.45) is 0 Å². The topological polar surface area (TPSA) is 0 Å². The lowest BCUT2D eigenvalue weighted by molar-refractivity contribution is 1.23. The standard InChI is InChI=1S/3C4H8/c1-4(2)3;2*1-3-4-2/h1H2,2-3H3;3-4H,1-2H3;3H,1,4H2,2H3/b;4-3-;. The van der Waals surface area contributed by atoms with Crippen LogP contribution in [0.2, 0.25) is 0 Å². The summed E-state index contributed by atoms with van der Waals surface area (Å²) in [6, 6.07) is 0. The lowest BCUT2D eigenvalue weighted by Gasteiger charge is -1.65. The molecule has 0 radical (unpaired) electrons. The van der Waals surface area contributed by atoms with Gasteiger partial charge in [0, 0.05) is 0 Å². The van der Waals surface area contributed by atoms with Gasteiger partial charge in [-0.15, -0.1) is 13.2 Å². The molecule has 0 saturated heterocycles. The Hall–Kier alpha value is -0.780. The predicted molar refractivity (Wildman–Crippen MR) is 61.5 cm³/mol. The van der Waals surface area contributed by atoms with E-state index in [4.69, 9.17) is 0 Å². The van der Waals surface area contributed by atoms with Gasteiger partial charge in [0.15, 0.2) is 0 Å². The van der Waals surface area contributed by atoms with E-state index in [2.05, 4.69) is 20.1 Å². The maximum absolute atomic E-state index is 3.56. The van der Waals surface area contributed by atoms with Crippen LogP contribution in [0.15, 0.2) is 37.0 Å². The third kappa shape index (κ3) is 419. The monoisotopic (exact) mass is 168 g/mol. The zero-order valence-corrected chi connectivity index (χ0v) is 9.35. The zero-order chi connectivity index (χ0) is 10.4. The maximum atomic E-state index is 3.56. The van der Waals surface area contributed by atoms with Gasteiger partial charge in [-0.2, -0.15) is 0 Å². The van der Waals surface area contributed by atoms with Crippen LogP contribution >= 0.6 is 0 Å². The van der Waals surface area contributed by atoms with E-state index in [1.807, 2.05) is 45.9 Å². The Balaban J connectivity index is -0.000000101. The van der Waals surface area contributed by atoms with Crippen LogP contribution in [0.5, 0.6) is 0 Å². The van der Waals surface area contributed by atoms with E-state index in [1.165, 1.54) is 5.57 Å². The molecule has 0 aromatic carbocycles. The van der Waals surface area contributed by atoms with Gasteiger partial charge in [0.25, 0.3) is 0 Å². The van der Waals surface area contributed by atoms with Crippen LogP contribution in [0.25, 0.3) is 0 Å². The molecule has 72 valence electrons. The summed E-state index contributed by atoms with van der Waals surface area (Å²) in [5.74, 6) is 0. The third-order valence-corrected chi connectivity index (χ3v) is 0.622. The molecule has 0 aliphatic carbocycles. The molecule has 0 bridgehead atoms. The van der Waals surface area contributed by atoms with E-state index in [0.29, 0.717) is 0 Å². The van der Waals surface area contributed by atoms with Gasteiger partial charge in [-0.3, -0.25) is 0 Å². The van der Waals surface area contributed by atoms with Crippen LogP contribution in [-0.4, -0.2) is 0 Å². The molecule has 0 amide bonds. The second kappa shape index (κ2) is 22.5. The van der Waals surface area contributed by atoms with Crippen molar-refractivity contribution in [1.29, 1.82) is 0 Å². The summed E-state index contributed by atoms with van der Waals surface area (Å²) < 4.78 is 0. The first kappa shape index (κ1) is 17.3. The van der Waals surface area contributed by atoms with Gasteiger partial charge in [0.2, 0.25) is 0 Å². The molecular formula is C12H24. The van der Waals surface area contributed by atoms with Crippen molar-refractivity contribution in [3.05, 3.63) is 37.0 Å². The van der Waals surface area contributed by atoms with Crippen molar-refractivity contribution in [3.8, 4) is 0 Å². The van der Waals surface area contributed by atoms with Gasteiger partial charge >= 0.3 is 0 Å². The van der Waals surface area contributed by atoms with E-state index in [0.717, 1.165) is 6.42 Å². The minimum absolute atomic E-state index is 1.08. The Morgan fingerprint density at radius 3 is 1.33 bits per heavy atom. The van der Waals surface area contributed by atoms with Crippen LogP contribution in [0.4, 0.5) is 0 Å². The highest BCUT2D eigenvalue weighted by molar-refractivity contribution is 4.78. The molecule has 0 unspecified atom stereocenters. The summed E-state index contributed by atoms with van der Waals surface area (Å²) in [6.07, 6.45) is 6.96. The average Bonchev–Trinajstić information content (AvgIpc) is 2.03. The van der Waals surface area contributed by atoms with E-state index in [9.17, 15) is 0 Å². The van der Waals surface area contributed by atoms with Crippen molar-refractivity contribution in [3.63, 3.8) is 0 Å². The summed E-state index contributed by atoms with van der Waals surface area (Å²) in [5, 5.41) is 0. The second-order valence-corrected chi connectivity index (χ2v) is 2.57. The molecule has 0 nitrogen and oxygen atoms in total. The van der Waals surface area contributed by atoms with Crippen molar-refractivity contribution in [2.45, 2.75) is 41.0 Å². The van der Waals surface area contributed by atoms with Crippen molar-refractivity contribution in [2.75, 3.05) is 0 Å². The smallest absolute Gasteiger partial charge is 0.0382 e. The summed E-state index contributed by atoms with van der Waals surface area (Å²) in [5.41, 5.74) is 1.17. The number of hydrogen-bond donors (Lipinski definition) is 0. The first-order valence-electron chi connectivity index (χ1n) is 4.37. The van der Waals surface area contributed by atoms with E-state index >= 15 is 0 Å². The summed E-state index contributed by atoms with van der Waals surface area (Å²) in [6.45, 7) is 17.0. The Kier molecular flexibility index (Phi) is 32.5. The van der Waals surface area contributed by atoms with Gasteiger partial charge in [-0.25, -0.2) is 0 Å². The molecule has 0 rings (SSSR count). The molecule has 0 heterocycles. The van der Waals surface area contributed by atoms with Gasteiger partial charge in [0.05, 0.1) is 0 Å². The minimum atomic E-state index is 1.08. The van der Waals surface area contributed by atoms with Crippen molar-refractivity contribution >= 4 is 0 Å². The maximum Gasteiger partial charge on any atom is -0.0382 e. The summed E-state index contributed by atoms with van der Waals surface area (Å²) >= 11 is 0. The highest BCUT2D eigenvalue weighted by Gasteiger charge is 1.51. The zero-order valence-electron chi connectivity index (χ0n) is 9.35.